The molecule has 1 N–H and O–H groups in total. The van der Waals surface area contributed by atoms with Crippen molar-refractivity contribution >= 4 is 0 Å². The Bertz CT molecular complexity index is 181. The summed E-state index contributed by atoms with van der Waals surface area (Å²) in [7, 11) is 3.53. The third kappa shape index (κ3) is 6.49. The van der Waals surface area contributed by atoms with Crippen LogP contribution in [0.2, 0.25) is 0 Å². The Labute approximate surface area is 92.6 Å². The van der Waals surface area contributed by atoms with E-state index < -0.39 is 0 Å². The van der Waals surface area contributed by atoms with Crippen LogP contribution in [0.3, 0.4) is 0 Å². The first-order chi connectivity index (χ1) is 7.04. The van der Waals surface area contributed by atoms with Gasteiger partial charge in [-0.05, 0) is 20.9 Å². The van der Waals surface area contributed by atoms with Gasteiger partial charge in [0.05, 0.1) is 25.4 Å². The Morgan fingerprint density at radius 2 is 1.80 bits per heavy atom. The summed E-state index contributed by atoms with van der Waals surface area (Å²) in [5.41, 5.74) is -0.202. The van der Waals surface area contributed by atoms with E-state index in [2.05, 4.69) is 11.9 Å². The first-order valence-electron chi connectivity index (χ1n) is 5.12. The fraction of sp³-hybridized carbons (Fsp3) is 0.818. The van der Waals surface area contributed by atoms with Gasteiger partial charge in [0, 0.05) is 7.11 Å². The third-order valence-corrected chi connectivity index (χ3v) is 2.26. The molecule has 0 aromatic carbocycles. The van der Waals surface area contributed by atoms with Gasteiger partial charge in [-0.1, -0.05) is 6.58 Å². The molecule has 0 fully saturated rings. The van der Waals surface area contributed by atoms with Gasteiger partial charge in [0.15, 0.2) is 0 Å². The molecule has 0 aliphatic rings. The predicted octanol–water partition coefficient (Wildman–Crippen LogP) is 1.18. The van der Waals surface area contributed by atoms with Crippen LogP contribution in [-0.2, 0) is 14.2 Å². The standard InChI is InChI=1S/C11H23NO3/c1-10(11(2,3)12-4)15-9-8-14-7-6-13-5/h12H,1,6-9H2,2-5H3. The second-order valence-corrected chi connectivity index (χ2v) is 3.75. The van der Waals surface area contributed by atoms with Crippen molar-refractivity contribution in [2.45, 2.75) is 19.4 Å². The molecule has 0 saturated carbocycles. The zero-order valence-corrected chi connectivity index (χ0v) is 10.3. The Balaban J connectivity index is 3.47. The molecule has 0 amide bonds. The van der Waals surface area contributed by atoms with E-state index in [-0.39, 0.29) is 5.54 Å². The van der Waals surface area contributed by atoms with E-state index in [9.17, 15) is 0 Å². The fourth-order valence-corrected chi connectivity index (χ4v) is 0.788. The molecule has 0 rings (SSSR count). The van der Waals surface area contributed by atoms with Crippen molar-refractivity contribution in [3.63, 3.8) is 0 Å². The lowest BCUT2D eigenvalue weighted by molar-refractivity contribution is 0.0356. The molecule has 0 aromatic heterocycles. The Morgan fingerprint density at radius 3 is 2.33 bits per heavy atom. The summed E-state index contributed by atoms with van der Waals surface area (Å²) in [6, 6.07) is 0. The van der Waals surface area contributed by atoms with Gasteiger partial charge in [0.25, 0.3) is 0 Å². The van der Waals surface area contributed by atoms with Crippen LogP contribution in [0, 0.1) is 0 Å². The first kappa shape index (κ1) is 14.4. The molecule has 0 radical (unpaired) electrons. The minimum atomic E-state index is -0.202. The molecule has 15 heavy (non-hydrogen) atoms. The zero-order chi connectivity index (χ0) is 11.7. The Hall–Kier alpha value is -0.580. The largest absolute Gasteiger partial charge is 0.494 e. The van der Waals surface area contributed by atoms with Crippen molar-refractivity contribution in [2.24, 2.45) is 0 Å². The molecule has 0 aliphatic carbocycles. The minimum absolute atomic E-state index is 0.202. The van der Waals surface area contributed by atoms with Crippen LogP contribution in [0.25, 0.3) is 0 Å². The normalized spacial score (nSPS) is 11.5. The number of likely N-dealkylation sites (N-methyl/N-ethyl adjacent to an activating group) is 1. The Kier molecular flexibility index (Phi) is 7.38. The van der Waals surface area contributed by atoms with Crippen molar-refractivity contribution < 1.29 is 14.2 Å². The summed E-state index contributed by atoms with van der Waals surface area (Å²) >= 11 is 0. The highest BCUT2D eigenvalue weighted by atomic mass is 16.5. The second kappa shape index (κ2) is 7.68. The summed E-state index contributed by atoms with van der Waals surface area (Å²) in [6.45, 7) is 10.2. The van der Waals surface area contributed by atoms with Gasteiger partial charge >= 0.3 is 0 Å². The molecule has 4 heteroatoms. The average Bonchev–Trinajstić information content (AvgIpc) is 2.22. The molecule has 0 spiro atoms. The van der Waals surface area contributed by atoms with Gasteiger partial charge in [-0.2, -0.15) is 0 Å². The highest BCUT2D eigenvalue weighted by Crippen LogP contribution is 2.13. The number of methoxy groups -OCH3 is 1. The monoisotopic (exact) mass is 217 g/mol. The van der Waals surface area contributed by atoms with Crippen LogP contribution in [-0.4, -0.2) is 46.1 Å². The van der Waals surface area contributed by atoms with Gasteiger partial charge in [-0.3, -0.25) is 0 Å². The predicted molar refractivity (Wildman–Crippen MR) is 60.9 cm³/mol. The smallest absolute Gasteiger partial charge is 0.111 e. The number of rotatable bonds is 9. The summed E-state index contributed by atoms with van der Waals surface area (Å²) in [5, 5.41) is 3.12. The SMILES string of the molecule is C=C(OCCOCCOC)C(C)(C)NC. The van der Waals surface area contributed by atoms with Crippen LogP contribution >= 0.6 is 0 Å². The zero-order valence-electron chi connectivity index (χ0n) is 10.3. The number of ether oxygens (including phenoxy) is 3. The third-order valence-electron chi connectivity index (χ3n) is 2.26. The van der Waals surface area contributed by atoms with E-state index in [1.54, 1.807) is 7.11 Å². The van der Waals surface area contributed by atoms with Gasteiger partial charge < -0.3 is 19.5 Å². The number of hydrogen-bond donors (Lipinski definition) is 1. The lowest BCUT2D eigenvalue weighted by Gasteiger charge is -2.26. The van der Waals surface area contributed by atoms with E-state index in [1.807, 2.05) is 20.9 Å². The molecular weight excluding hydrogens is 194 g/mol. The molecule has 4 nitrogen and oxygen atoms in total. The number of nitrogens with one attached hydrogen (secondary N) is 1. The maximum absolute atomic E-state index is 5.46. The summed E-state index contributed by atoms with van der Waals surface area (Å²) in [5.74, 6) is 0.723. The van der Waals surface area contributed by atoms with Crippen molar-refractivity contribution in [1.29, 1.82) is 0 Å². The average molecular weight is 217 g/mol. The highest BCUT2D eigenvalue weighted by molar-refractivity contribution is 5.04. The van der Waals surface area contributed by atoms with Crippen molar-refractivity contribution in [3.8, 4) is 0 Å². The fourth-order valence-electron chi connectivity index (χ4n) is 0.788. The minimum Gasteiger partial charge on any atom is -0.494 e. The van der Waals surface area contributed by atoms with Gasteiger partial charge in [-0.15, -0.1) is 0 Å². The topological polar surface area (TPSA) is 39.7 Å². The molecule has 0 bridgehead atoms. The quantitative estimate of drug-likeness (QED) is 0.465. The van der Waals surface area contributed by atoms with E-state index in [0.29, 0.717) is 26.4 Å². The first-order valence-corrected chi connectivity index (χ1v) is 5.12. The van der Waals surface area contributed by atoms with Crippen molar-refractivity contribution in [3.05, 3.63) is 12.3 Å². The number of hydrogen-bond acceptors (Lipinski definition) is 4. The molecule has 0 atom stereocenters. The maximum Gasteiger partial charge on any atom is 0.111 e. The second-order valence-electron chi connectivity index (χ2n) is 3.75. The molecule has 0 unspecified atom stereocenters. The molecule has 0 heterocycles. The van der Waals surface area contributed by atoms with Crippen LogP contribution in [0.4, 0.5) is 0 Å². The molecule has 0 saturated heterocycles. The summed E-state index contributed by atoms with van der Waals surface area (Å²) in [4.78, 5) is 0. The summed E-state index contributed by atoms with van der Waals surface area (Å²) < 4.78 is 15.6. The Morgan fingerprint density at radius 1 is 1.20 bits per heavy atom. The van der Waals surface area contributed by atoms with E-state index in [4.69, 9.17) is 14.2 Å². The van der Waals surface area contributed by atoms with Crippen LogP contribution in [0.1, 0.15) is 13.8 Å². The lowest BCUT2D eigenvalue weighted by atomic mass is 10.0. The van der Waals surface area contributed by atoms with Gasteiger partial charge in [0.2, 0.25) is 0 Å². The van der Waals surface area contributed by atoms with Crippen molar-refractivity contribution in [1.82, 2.24) is 5.32 Å². The lowest BCUT2D eigenvalue weighted by Crippen LogP contribution is -2.39. The van der Waals surface area contributed by atoms with Crippen LogP contribution < -0.4 is 5.32 Å². The molecule has 0 aliphatic heterocycles. The van der Waals surface area contributed by atoms with Gasteiger partial charge in [0.1, 0.15) is 12.4 Å². The van der Waals surface area contributed by atoms with E-state index >= 15 is 0 Å². The molecule has 0 aromatic rings. The van der Waals surface area contributed by atoms with E-state index in [1.165, 1.54) is 0 Å². The van der Waals surface area contributed by atoms with Crippen LogP contribution in [0.5, 0.6) is 0 Å². The van der Waals surface area contributed by atoms with Crippen molar-refractivity contribution in [2.75, 3.05) is 40.6 Å². The van der Waals surface area contributed by atoms with Crippen LogP contribution in [0.15, 0.2) is 12.3 Å². The highest BCUT2D eigenvalue weighted by Gasteiger charge is 2.20. The molecule has 90 valence electrons. The maximum atomic E-state index is 5.46. The van der Waals surface area contributed by atoms with E-state index in [0.717, 1.165) is 5.76 Å². The summed E-state index contributed by atoms with van der Waals surface area (Å²) in [6.07, 6.45) is 0. The molecular formula is C11H23NO3. The van der Waals surface area contributed by atoms with Gasteiger partial charge in [-0.25, -0.2) is 0 Å².